The van der Waals surface area contributed by atoms with Crippen LogP contribution in [0.25, 0.3) is 0 Å². The van der Waals surface area contributed by atoms with Crippen LogP contribution in [-0.2, 0) is 19.6 Å². The number of anilines is 1. The van der Waals surface area contributed by atoms with Crippen molar-refractivity contribution in [3.8, 4) is 0 Å². The van der Waals surface area contributed by atoms with Gasteiger partial charge in [-0.1, -0.05) is 6.07 Å². The van der Waals surface area contributed by atoms with Crippen LogP contribution in [0.2, 0.25) is 0 Å². The number of nitrogens with two attached hydrogens (primary N) is 1. The number of hydrogen-bond acceptors (Lipinski definition) is 4. The molecule has 1 aliphatic heterocycles. The van der Waals surface area contributed by atoms with E-state index in [4.69, 9.17) is 9.88 Å². The van der Waals surface area contributed by atoms with E-state index in [1.165, 1.54) is 12.1 Å². The molecule has 1 aromatic carbocycles. The Kier molecular flexibility index (Phi) is 5.41. The largest absolute Gasteiger partial charge is 0.364 e. The lowest BCUT2D eigenvalue weighted by Crippen LogP contribution is -3.19. The van der Waals surface area contributed by atoms with E-state index in [1.54, 1.807) is 12.1 Å². The third-order valence-corrected chi connectivity index (χ3v) is 4.91. The molecule has 8 heteroatoms. The molecule has 1 aromatic rings. The molecule has 0 aromatic heterocycles. The second kappa shape index (κ2) is 6.96. The monoisotopic (exact) mass is 342 g/mol. The summed E-state index contributed by atoms with van der Waals surface area (Å²) in [5, 5.41) is 7.87. The van der Waals surface area contributed by atoms with Crippen LogP contribution in [0, 0.1) is 0 Å². The maximum Gasteiger partial charge on any atom is 0.282 e. The fourth-order valence-electron chi connectivity index (χ4n) is 2.85. The summed E-state index contributed by atoms with van der Waals surface area (Å²) in [6.07, 6.45) is 0.212. The summed E-state index contributed by atoms with van der Waals surface area (Å²) in [5.41, 5.74) is 0.419. The molecule has 0 saturated carbocycles. The standard InChI is InChI=1S/C15H23N3O4S/c1-10-8-18(9-11(2)22-10)12(3)15(19)17-13-5-4-6-14(7-13)23(16,20)21/h4-7,10-12H,8-9H2,1-3H3,(H,17,19)(H2,16,20,21)/p+1/t10-,11-,12+/m1/s1. The number of morpholine rings is 1. The van der Waals surface area contributed by atoms with Gasteiger partial charge in [0.15, 0.2) is 6.04 Å². The Morgan fingerprint density at radius 3 is 2.52 bits per heavy atom. The number of carbonyl (C=O) groups is 1. The van der Waals surface area contributed by atoms with E-state index in [9.17, 15) is 13.2 Å². The zero-order valence-electron chi connectivity index (χ0n) is 13.6. The molecule has 1 saturated heterocycles. The maximum absolute atomic E-state index is 12.4. The number of rotatable bonds is 4. The number of nitrogens with one attached hydrogen (secondary N) is 2. The van der Waals surface area contributed by atoms with Crippen molar-refractivity contribution < 1.29 is 22.8 Å². The zero-order chi connectivity index (χ0) is 17.2. The zero-order valence-corrected chi connectivity index (χ0v) is 14.4. The molecule has 4 N–H and O–H groups in total. The van der Waals surface area contributed by atoms with Crippen LogP contribution < -0.4 is 15.4 Å². The van der Waals surface area contributed by atoms with E-state index in [2.05, 4.69) is 5.32 Å². The SMILES string of the molecule is C[C@@H]1C[NH+]([C@@H](C)C(=O)Nc2cccc(S(N)(=O)=O)c2)C[C@@H](C)O1. The van der Waals surface area contributed by atoms with E-state index in [-0.39, 0.29) is 29.1 Å². The van der Waals surface area contributed by atoms with Crippen LogP contribution in [0.1, 0.15) is 20.8 Å². The summed E-state index contributed by atoms with van der Waals surface area (Å²) in [4.78, 5) is 13.6. The van der Waals surface area contributed by atoms with E-state index < -0.39 is 10.0 Å². The number of ether oxygens (including phenoxy) is 1. The number of sulfonamides is 1. The Bertz CT molecular complexity index is 667. The lowest BCUT2D eigenvalue weighted by atomic mass is 10.1. The maximum atomic E-state index is 12.4. The van der Waals surface area contributed by atoms with Gasteiger partial charge < -0.3 is 15.0 Å². The van der Waals surface area contributed by atoms with Crippen LogP contribution in [-0.4, -0.2) is 45.7 Å². The highest BCUT2D eigenvalue weighted by atomic mass is 32.2. The Hall–Kier alpha value is -1.48. The van der Waals surface area contributed by atoms with Crippen LogP contribution in [0.4, 0.5) is 5.69 Å². The first-order valence-corrected chi connectivity index (χ1v) is 9.15. The number of hydrogen-bond donors (Lipinski definition) is 3. The molecule has 3 atom stereocenters. The summed E-state index contributed by atoms with van der Waals surface area (Å²) in [6, 6.07) is 5.68. The second-order valence-corrected chi connectivity index (χ2v) is 7.67. The van der Waals surface area contributed by atoms with Gasteiger partial charge in [0.2, 0.25) is 10.0 Å². The molecule has 1 aliphatic rings. The van der Waals surface area contributed by atoms with E-state index in [0.29, 0.717) is 5.69 Å². The van der Waals surface area contributed by atoms with Crippen molar-refractivity contribution in [2.75, 3.05) is 18.4 Å². The average Bonchev–Trinajstić information content (AvgIpc) is 2.44. The van der Waals surface area contributed by atoms with Crippen LogP contribution in [0.15, 0.2) is 29.2 Å². The van der Waals surface area contributed by atoms with Gasteiger partial charge in [0.05, 0.1) is 4.90 Å². The van der Waals surface area contributed by atoms with Gasteiger partial charge >= 0.3 is 0 Å². The minimum Gasteiger partial charge on any atom is -0.364 e. The smallest absolute Gasteiger partial charge is 0.282 e. The summed E-state index contributed by atoms with van der Waals surface area (Å²) >= 11 is 0. The molecule has 1 heterocycles. The minimum atomic E-state index is -3.79. The van der Waals surface area contributed by atoms with Crippen molar-refractivity contribution >= 4 is 21.6 Å². The number of carbonyl (C=O) groups excluding carboxylic acids is 1. The van der Waals surface area contributed by atoms with Gasteiger partial charge in [0.25, 0.3) is 5.91 Å². The summed E-state index contributed by atoms with van der Waals surface area (Å²) in [6.45, 7) is 7.37. The van der Waals surface area contributed by atoms with Gasteiger partial charge in [-0.3, -0.25) is 4.79 Å². The molecular formula is C15H24N3O4S+. The molecule has 7 nitrogen and oxygen atoms in total. The normalized spacial score (nSPS) is 26.5. The molecule has 1 fully saturated rings. The molecule has 0 bridgehead atoms. The Balaban J connectivity index is 2.07. The van der Waals surface area contributed by atoms with Crippen molar-refractivity contribution in [1.82, 2.24) is 0 Å². The molecule has 1 amide bonds. The molecule has 2 rings (SSSR count). The minimum absolute atomic E-state index is 0.0242. The van der Waals surface area contributed by atoms with Crippen LogP contribution in [0.5, 0.6) is 0 Å². The lowest BCUT2D eigenvalue weighted by molar-refractivity contribution is -0.928. The fraction of sp³-hybridized carbons (Fsp3) is 0.533. The van der Waals surface area contributed by atoms with E-state index >= 15 is 0 Å². The molecular weight excluding hydrogens is 318 g/mol. The lowest BCUT2D eigenvalue weighted by Gasteiger charge is -2.35. The quantitative estimate of drug-likeness (QED) is 0.677. The van der Waals surface area contributed by atoms with Gasteiger partial charge in [-0.2, -0.15) is 0 Å². The fourth-order valence-corrected chi connectivity index (χ4v) is 3.41. The van der Waals surface area contributed by atoms with Crippen LogP contribution >= 0.6 is 0 Å². The van der Waals surface area contributed by atoms with E-state index in [1.807, 2.05) is 20.8 Å². The Labute approximate surface area is 136 Å². The molecule has 0 unspecified atom stereocenters. The van der Waals surface area contributed by atoms with Crippen molar-refractivity contribution in [2.45, 2.75) is 43.9 Å². The highest BCUT2D eigenvalue weighted by molar-refractivity contribution is 7.89. The van der Waals surface area contributed by atoms with Gasteiger partial charge in [-0.25, -0.2) is 13.6 Å². The number of amides is 1. The summed E-state index contributed by atoms with van der Waals surface area (Å²) in [5.74, 6) is -0.159. The topological polar surface area (TPSA) is 103 Å². The highest BCUT2D eigenvalue weighted by Gasteiger charge is 2.32. The number of primary sulfonamides is 1. The first-order valence-electron chi connectivity index (χ1n) is 7.60. The second-order valence-electron chi connectivity index (χ2n) is 6.11. The summed E-state index contributed by atoms with van der Waals surface area (Å²) in [7, 11) is -3.79. The van der Waals surface area contributed by atoms with Crippen molar-refractivity contribution in [2.24, 2.45) is 5.14 Å². The van der Waals surface area contributed by atoms with Gasteiger partial charge in [-0.05, 0) is 39.0 Å². The van der Waals surface area contributed by atoms with Gasteiger partial charge in [-0.15, -0.1) is 0 Å². The predicted molar refractivity (Wildman–Crippen MR) is 86.6 cm³/mol. The number of benzene rings is 1. The molecule has 0 radical (unpaired) electrons. The van der Waals surface area contributed by atoms with Crippen molar-refractivity contribution in [1.29, 1.82) is 0 Å². The van der Waals surface area contributed by atoms with Gasteiger partial charge in [0, 0.05) is 5.69 Å². The Morgan fingerprint density at radius 2 is 1.96 bits per heavy atom. The van der Waals surface area contributed by atoms with Crippen molar-refractivity contribution in [3.05, 3.63) is 24.3 Å². The Morgan fingerprint density at radius 1 is 1.35 bits per heavy atom. The average molecular weight is 342 g/mol. The molecule has 0 spiro atoms. The first-order chi connectivity index (χ1) is 10.7. The first kappa shape index (κ1) is 17.9. The third kappa shape index (κ3) is 4.74. The number of quaternary nitrogens is 1. The van der Waals surface area contributed by atoms with Crippen LogP contribution in [0.3, 0.4) is 0 Å². The predicted octanol–water partition coefficient (Wildman–Crippen LogP) is -0.647. The van der Waals surface area contributed by atoms with Crippen molar-refractivity contribution in [3.63, 3.8) is 0 Å². The molecule has 23 heavy (non-hydrogen) atoms. The highest BCUT2D eigenvalue weighted by Crippen LogP contribution is 2.14. The van der Waals surface area contributed by atoms with Gasteiger partial charge in [0.1, 0.15) is 25.3 Å². The third-order valence-electron chi connectivity index (χ3n) is 4.00. The summed E-state index contributed by atoms with van der Waals surface area (Å²) < 4.78 is 28.4. The molecule has 0 aliphatic carbocycles. The van der Waals surface area contributed by atoms with E-state index in [0.717, 1.165) is 18.0 Å². The molecule has 128 valence electrons.